The lowest BCUT2D eigenvalue weighted by Gasteiger charge is -2.20. The zero-order valence-corrected chi connectivity index (χ0v) is 18.1. The summed E-state index contributed by atoms with van der Waals surface area (Å²) >= 11 is 1.39. The molecule has 6 nitrogen and oxygen atoms in total. The van der Waals surface area contributed by atoms with Crippen molar-refractivity contribution in [3.05, 3.63) is 59.4 Å². The molecule has 0 atom stereocenters. The number of aromatic nitrogens is 2. The summed E-state index contributed by atoms with van der Waals surface area (Å²) in [6.45, 7) is 5.37. The SMILES string of the molecule is COC(=O)c1cccc(CSc2nc3cc(F)ccc3n2CC(=O)OC(C)(C)C)c1. The number of imidazole rings is 1. The van der Waals surface area contributed by atoms with E-state index in [1.807, 2.05) is 6.07 Å². The van der Waals surface area contributed by atoms with E-state index in [4.69, 9.17) is 9.47 Å². The van der Waals surface area contributed by atoms with Gasteiger partial charge in [0.05, 0.1) is 23.7 Å². The minimum Gasteiger partial charge on any atom is -0.465 e. The molecule has 0 unspecified atom stereocenters. The van der Waals surface area contributed by atoms with Gasteiger partial charge in [0, 0.05) is 11.8 Å². The lowest BCUT2D eigenvalue weighted by Crippen LogP contribution is -2.26. The smallest absolute Gasteiger partial charge is 0.337 e. The molecule has 0 spiro atoms. The number of hydrogen-bond donors (Lipinski definition) is 0. The number of hydrogen-bond acceptors (Lipinski definition) is 6. The second kappa shape index (κ2) is 8.87. The van der Waals surface area contributed by atoms with E-state index in [0.717, 1.165) is 5.56 Å². The summed E-state index contributed by atoms with van der Waals surface area (Å²) in [6.07, 6.45) is 0. The highest BCUT2D eigenvalue weighted by Gasteiger charge is 2.20. The molecule has 0 radical (unpaired) electrons. The van der Waals surface area contributed by atoms with Crippen LogP contribution in [-0.2, 0) is 26.6 Å². The molecule has 0 aliphatic carbocycles. The molecule has 0 fully saturated rings. The Kier molecular flexibility index (Phi) is 6.45. The quantitative estimate of drug-likeness (QED) is 0.421. The topological polar surface area (TPSA) is 70.4 Å². The van der Waals surface area contributed by atoms with Crippen LogP contribution < -0.4 is 0 Å². The van der Waals surface area contributed by atoms with Crippen molar-refractivity contribution in [2.24, 2.45) is 0 Å². The maximum atomic E-state index is 13.7. The number of carbonyl (C=O) groups excluding carboxylic acids is 2. The van der Waals surface area contributed by atoms with E-state index in [1.165, 1.54) is 31.0 Å². The summed E-state index contributed by atoms with van der Waals surface area (Å²) in [7, 11) is 1.34. The van der Waals surface area contributed by atoms with Crippen molar-refractivity contribution in [2.45, 2.75) is 43.8 Å². The van der Waals surface area contributed by atoms with Crippen molar-refractivity contribution in [1.29, 1.82) is 0 Å². The summed E-state index contributed by atoms with van der Waals surface area (Å²) in [6, 6.07) is 11.4. The number of carbonyl (C=O) groups is 2. The third-order valence-electron chi connectivity index (χ3n) is 4.10. The van der Waals surface area contributed by atoms with Crippen LogP contribution in [0.1, 0.15) is 36.7 Å². The number of ether oxygens (including phenoxy) is 2. The maximum Gasteiger partial charge on any atom is 0.337 e. The summed E-state index contributed by atoms with van der Waals surface area (Å²) in [5.41, 5.74) is 1.85. The number of nitrogens with zero attached hydrogens (tertiary/aromatic N) is 2. The van der Waals surface area contributed by atoms with Crippen molar-refractivity contribution < 1.29 is 23.5 Å². The highest BCUT2D eigenvalue weighted by molar-refractivity contribution is 7.98. The largest absolute Gasteiger partial charge is 0.465 e. The lowest BCUT2D eigenvalue weighted by atomic mass is 10.1. The number of halogens is 1. The third kappa shape index (κ3) is 5.38. The molecule has 3 rings (SSSR count). The van der Waals surface area contributed by atoms with Crippen molar-refractivity contribution in [1.82, 2.24) is 9.55 Å². The lowest BCUT2D eigenvalue weighted by molar-refractivity contribution is -0.155. The first kappa shape index (κ1) is 21.8. The van der Waals surface area contributed by atoms with E-state index in [2.05, 4.69) is 4.98 Å². The second-order valence-electron chi connectivity index (χ2n) is 7.68. The van der Waals surface area contributed by atoms with E-state index in [0.29, 0.717) is 27.5 Å². The molecule has 0 N–H and O–H groups in total. The van der Waals surface area contributed by atoms with E-state index >= 15 is 0 Å². The van der Waals surface area contributed by atoms with Crippen LogP contribution in [0.2, 0.25) is 0 Å². The number of benzene rings is 2. The van der Waals surface area contributed by atoms with Gasteiger partial charge in [0.1, 0.15) is 18.0 Å². The first-order valence-corrected chi connectivity index (χ1v) is 10.3. The fourth-order valence-corrected chi connectivity index (χ4v) is 3.86. The zero-order valence-electron chi connectivity index (χ0n) is 17.3. The molecule has 30 heavy (non-hydrogen) atoms. The maximum absolute atomic E-state index is 13.7. The van der Waals surface area contributed by atoms with Gasteiger partial charge in [-0.15, -0.1) is 0 Å². The van der Waals surface area contributed by atoms with E-state index in [-0.39, 0.29) is 6.54 Å². The Morgan fingerprint density at radius 3 is 2.63 bits per heavy atom. The first-order valence-electron chi connectivity index (χ1n) is 9.34. The zero-order chi connectivity index (χ0) is 21.9. The van der Waals surface area contributed by atoms with Crippen LogP contribution in [0.4, 0.5) is 4.39 Å². The van der Waals surface area contributed by atoms with Gasteiger partial charge in [-0.2, -0.15) is 0 Å². The Labute approximate surface area is 178 Å². The molecule has 0 bridgehead atoms. The average Bonchev–Trinajstić information content (AvgIpc) is 3.00. The number of methoxy groups -OCH3 is 1. The summed E-state index contributed by atoms with van der Waals surface area (Å²) in [5.74, 6) is -0.702. The summed E-state index contributed by atoms with van der Waals surface area (Å²) < 4.78 is 25.6. The fraction of sp³-hybridized carbons (Fsp3) is 0.318. The van der Waals surface area contributed by atoms with Crippen LogP contribution in [0.15, 0.2) is 47.6 Å². The molecule has 1 heterocycles. The average molecular weight is 431 g/mol. The molecule has 0 amide bonds. The molecule has 0 aliphatic rings. The molecular weight excluding hydrogens is 407 g/mol. The predicted molar refractivity (Wildman–Crippen MR) is 113 cm³/mol. The number of thioether (sulfide) groups is 1. The Morgan fingerprint density at radius 2 is 1.93 bits per heavy atom. The molecule has 0 aliphatic heterocycles. The molecule has 3 aromatic rings. The van der Waals surface area contributed by atoms with E-state index in [9.17, 15) is 14.0 Å². The van der Waals surface area contributed by atoms with Gasteiger partial charge in [0.15, 0.2) is 5.16 Å². The van der Waals surface area contributed by atoms with Crippen LogP contribution in [-0.4, -0.2) is 34.2 Å². The van der Waals surface area contributed by atoms with E-state index in [1.54, 1.807) is 49.6 Å². The molecule has 8 heteroatoms. The molecule has 158 valence electrons. The van der Waals surface area contributed by atoms with E-state index < -0.39 is 23.4 Å². The molecular formula is C22H23FN2O4S. The fourth-order valence-electron chi connectivity index (χ4n) is 2.90. The van der Waals surface area contributed by atoms with Crippen LogP contribution in [0.25, 0.3) is 11.0 Å². The van der Waals surface area contributed by atoms with Crippen LogP contribution in [0, 0.1) is 5.82 Å². The summed E-state index contributed by atoms with van der Waals surface area (Å²) in [5, 5.41) is 0.560. The third-order valence-corrected chi connectivity index (χ3v) is 5.15. The predicted octanol–water partition coefficient (Wildman–Crippen LogP) is 4.60. The Bertz CT molecular complexity index is 1090. The van der Waals surface area contributed by atoms with Gasteiger partial charge in [-0.3, -0.25) is 4.79 Å². The second-order valence-corrected chi connectivity index (χ2v) is 8.62. The number of fused-ring (bicyclic) bond motifs is 1. The van der Waals surface area contributed by atoms with Gasteiger partial charge in [0.2, 0.25) is 0 Å². The van der Waals surface area contributed by atoms with Gasteiger partial charge in [0.25, 0.3) is 0 Å². The highest BCUT2D eigenvalue weighted by atomic mass is 32.2. The normalized spacial score (nSPS) is 11.5. The summed E-state index contributed by atoms with van der Waals surface area (Å²) in [4.78, 5) is 28.7. The molecule has 0 saturated heterocycles. The van der Waals surface area contributed by atoms with Gasteiger partial charge in [-0.05, 0) is 50.6 Å². The molecule has 1 aromatic heterocycles. The first-order chi connectivity index (χ1) is 14.2. The Balaban J connectivity index is 1.87. The van der Waals surface area contributed by atoms with Crippen molar-refractivity contribution >= 4 is 34.7 Å². The van der Waals surface area contributed by atoms with Crippen LogP contribution >= 0.6 is 11.8 Å². The van der Waals surface area contributed by atoms with Crippen molar-refractivity contribution in [2.75, 3.05) is 7.11 Å². The van der Waals surface area contributed by atoms with Crippen LogP contribution in [0.3, 0.4) is 0 Å². The monoisotopic (exact) mass is 430 g/mol. The molecule has 0 saturated carbocycles. The van der Waals surface area contributed by atoms with Gasteiger partial charge in [-0.1, -0.05) is 23.9 Å². The minimum atomic E-state index is -0.610. The van der Waals surface area contributed by atoms with Crippen LogP contribution in [0.5, 0.6) is 0 Å². The highest BCUT2D eigenvalue weighted by Crippen LogP contribution is 2.28. The Morgan fingerprint density at radius 1 is 1.17 bits per heavy atom. The van der Waals surface area contributed by atoms with Crippen molar-refractivity contribution in [3.63, 3.8) is 0 Å². The van der Waals surface area contributed by atoms with Crippen molar-refractivity contribution in [3.8, 4) is 0 Å². The standard InChI is InChI=1S/C22H23FN2O4S/c1-22(2,3)29-19(26)12-25-18-9-8-16(23)11-17(18)24-21(25)30-13-14-6-5-7-15(10-14)20(27)28-4/h5-11H,12-13H2,1-4H3. The van der Waals surface area contributed by atoms with Gasteiger partial charge >= 0.3 is 11.9 Å². The van der Waals surface area contributed by atoms with Gasteiger partial charge < -0.3 is 14.0 Å². The Hall–Kier alpha value is -2.87. The minimum absolute atomic E-state index is 0.0378. The molecule has 2 aromatic carbocycles. The number of rotatable bonds is 6. The van der Waals surface area contributed by atoms with Gasteiger partial charge in [-0.25, -0.2) is 14.2 Å². The number of esters is 2.